The lowest BCUT2D eigenvalue weighted by Crippen LogP contribution is -2.62. The molecule has 3 atom stereocenters. The van der Waals surface area contributed by atoms with Gasteiger partial charge < -0.3 is 25.2 Å². The van der Waals surface area contributed by atoms with Crippen LogP contribution in [0.15, 0.2) is 30.3 Å². The number of amides is 2. The van der Waals surface area contributed by atoms with Gasteiger partial charge in [0.05, 0.1) is 18.1 Å². The smallest absolute Gasteiger partial charge is 0.310 e. The van der Waals surface area contributed by atoms with Crippen molar-refractivity contribution < 1.29 is 29.0 Å². The Morgan fingerprint density at radius 3 is 2.16 bits per heavy atom. The summed E-state index contributed by atoms with van der Waals surface area (Å²) in [6.07, 6.45) is 14.0. The molecule has 2 amide bonds. The van der Waals surface area contributed by atoms with Crippen LogP contribution in [0, 0.1) is 17.3 Å². The molecule has 45 heavy (non-hydrogen) atoms. The first-order valence-electron chi connectivity index (χ1n) is 17.6. The van der Waals surface area contributed by atoms with Crippen molar-refractivity contribution in [2.24, 2.45) is 17.3 Å². The predicted molar refractivity (Wildman–Crippen MR) is 178 cm³/mol. The Labute approximate surface area is 271 Å². The molecule has 2 aliphatic rings. The second-order valence-electron chi connectivity index (χ2n) is 14.7. The van der Waals surface area contributed by atoms with Gasteiger partial charge in [0.1, 0.15) is 6.10 Å². The summed E-state index contributed by atoms with van der Waals surface area (Å²) in [5.74, 6) is -3.54. The average Bonchev–Trinajstić information content (AvgIpc) is 3.00. The number of nitrogens with one attached hydrogen (secondary N) is 2. The summed E-state index contributed by atoms with van der Waals surface area (Å²) in [4.78, 5) is 40.4. The van der Waals surface area contributed by atoms with Crippen molar-refractivity contribution in [3.05, 3.63) is 35.9 Å². The minimum atomic E-state index is -1.01. The molecule has 0 bridgehead atoms. The van der Waals surface area contributed by atoms with E-state index in [2.05, 4.69) is 29.7 Å². The zero-order chi connectivity index (χ0) is 32.9. The van der Waals surface area contributed by atoms with Gasteiger partial charge >= 0.3 is 5.97 Å². The number of carboxylic acids is 1. The fourth-order valence-electron chi connectivity index (χ4n) is 6.98. The Hall–Kier alpha value is -2.45. The van der Waals surface area contributed by atoms with Crippen LogP contribution in [0.25, 0.3) is 0 Å². The van der Waals surface area contributed by atoms with Crippen molar-refractivity contribution in [1.29, 1.82) is 0 Å². The SMILES string of the molecule is CCCCCCCCCCC(Cc1ccccc1)C(=O)NC1(C(CNC(=O)C2OC(C)(C)OCC2(C)C)C(=O)O)CCCCC1. The molecule has 1 heterocycles. The molecule has 1 saturated carbocycles. The van der Waals surface area contributed by atoms with Crippen molar-refractivity contribution in [2.45, 2.75) is 148 Å². The molecule has 8 nitrogen and oxygen atoms in total. The fourth-order valence-corrected chi connectivity index (χ4v) is 6.98. The molecule has 0 aromatic heterocycles. The van der Waals surface area contributed by atoms with E-state index >= 15 is 0 Å². The van der Waals surface area contributed by atoms with Crippen molar-refractivity contribution in [2.75, 3.05) is 13.2 Å². The highest BCUT2D eigenvalue weighted by Gasteiger charge is 2.48. The normalized spacial score (nSPS) is 21.8. The monoisotopic (exact) mass is 628 g/mol. The van der Waals surface area contributed by atoms with E-state index in [1.165, 1.54) is 38.5 Å². The van der Waals surface area contributed by atoms with Crippen LogP contribution >= 0.6 is 0 Å². The third kappa shape index (κ3) is 11.4. The van der Waals surface area contributed by atoms with E-state index in [4.69, 9.17) is 9.47 Å². The van der Waals surface area contributed by atoms with Gasteiger partial charge in [0.15, 0.2) is 5.79 Å². The molecule has 3 rings (SSSR count). The van der Waals surface area contributed by atoms with Gasteiger partial charge in [-0.3, -0.25) is 14.4 Å². The Morgan fingerprint density at radius 1 is 0.911 bits per heavy atom. The van der Waals surface area contributed by atoms with Crippen molar-refractivity contribution in [3.8, 4) is 0 Å². The number of aliphatic carboxylic acids is 1. The van der Waals surface area contributed by atoms with E-state index < -0.39 is 34.7 Å². The quantitative estimate of drug-likeness (QED) is 0.148. The average molecular weight is 629 g/mol. The van der Waals surface area contributed by atoms with Gasteiger partial charge in [-0.25, -0.2) is 0 Å². The number of carbonyl (C=O) groups excluding carboxylic acids is 2. The first kappa shape index (κ1) is 37.0. The number of rotatable bonds is 18. The number of ether oxygens (including phenoxy) is 2. The highest BCUT2D eigenvalue weighted by Crippen LogP contribution is 2.37. The molecule has 0 radical (unpaired) electrons. The second-order valence-corrected chi connectivity index (χ2v) is 14.7. The molecule has 1 saturated heterocycles. The largest absolute Gasteiger partial charge is 0.481 e. The van der Waals surface area contributed by atoms with Crippen LogP contribution < -0.4 is 10.6 Å². The maximum atomic E-state index is 14.1. The van der Waals surface area contributed by atoms with E-state index in [0.29, 0.717) is 25.9 Å². The Balaban J connectivity index is 1.72. The van der Waals surface area contributed by atoms with Crippen LogP contribution in [0.3, 0.4) is 0 Å². The van der Waals surface area contributed by atoms with Gasteiger partial charge in [0.2, 0.25) is 11.8 Å². The lowest BCUT2D eigenvalue weighted by atomic mass is 9.72. The topological polar surface area (TPSA) is 114 Å². The lowest BCUT2D eigenvalue weighted by Gasteiger charge is -2.45. The van der Waals surface area contributed by atoms with E-state index in [1.807, 2.05) is 32.0 Å². The molecule has 254 valence electrons. The molecule has 3 N–H and O–H groups in total. The van der Waals surface area contributed by atoms with E-state index in [0.717, 1.165) is 44.1 Å². The van der Waals surface area contributed by atoms with E-state index in [-0.39, 0.29) is 24.3 Å². The summed E-state index contributed by atoms with van der Waals surface area (Å²) in [6.45, 7) is 9.86. The zero-order valence-electron chi connectivity index (χ0n) is 28.6. The summed E-state index contributed by atoms with van der Waals surface area (Å²) in [5, 5.41) is 16.7. The summed E-state index contributed by atoms with van der Waals surface area (Å²) in [6, 6.07) is 10.1. The van der Waals surface area contributed by atoms with Gasteiger partial charge in [-0.15, -0.1) is 0 Å². The number of benzene rings is 1. The molecule has 1 aliphatic carbocycles. The number of carbonyl (C=O) groups is 3. The molecule has 8 heteroatoms. The van der Waals surface area contributed by atoms with E-state index in [9.17, 15) is 19.5 Å². The molecule has 0 spiro atoms. The lowest BCUT2D eigenvalue weighted by molar-refractivity contribution is -0.304. The van der Waals surface area contributed by atoms with Crippen LogP contribution in [0.4, 0.5) is 0 Å². The summed E-state index contributed by atoms with van der Waals surface area (Å²) in [7, 11) is 0. The Bertz CT molecular complexity index is 1070. The molecule has 3 unspecified atom stereocenters. The van der Waals surface area contributed by atoms with Crippen molar-refractivity contribution >= 4 is 17.8 Å². The Morgan fingerprint density at radius 2 is 1.53 bits per heavy atom. The van der Waals surface area contributed by atoms with Gasteiger partial charge in [0.25, 0.3) is 0 Å². The van der Waals surface area contributed by atoms with Crippen LogP contribution in [0.2, 0.25) is 0 Å². The number of hydrogen-bond donors (Lipinski definition) is 3. The summed E-state index contributed by atoms with van der Waals surface area (Å²) >= 11 is 0. The molecular weight excluding hydrogens is 568 g/mol. The predicted octanol–water partition coefficient (Wildman–Crippen LogP) is 7.19. The number of hydrogen-bond acceptors (Lipinski definition) is 5. The zero-order valence-corrected chi connectivity index (χ0v) is 28.6. The third-order valence-electron chi connectivity index (χ3n) is 9.81. The van der Waals surface area contributed by atoms with Gasteiger partial charge in [-0.1, -0.05) is 122 Å². The first-order valence-corrected chi connectivity index (χ1v) is 17.6. The number of carboxylic acid groups (broad SMARTS) is 1. The molecule has 1 aromatic carbocycles. The fraction of sp³-hybridized carbons (Fsp3) is 0.757. The second kappa shape index (κ2) is 17.5. The van der Waals surface area contributed by atoms with Crippen LogP contribution in [0.1, 0.15) is 130 Å². The number of unbranched alkanes of at least 4 members (excludes halogenated alkanes) is 7. The van der Waals surface area contributed by atoms with Crippen LogP contribution in [-0.2, 0) is 30.3 Å². The highest BCUT2D eigenvalue weighted by atomic mass is 16.7. The van der Waals surface area contributed by atoms with Crippen LogP contribution in [0.5, 0.6) is 0 Å². The van der Waals surface area contributed by atoms with Gasteiger partial charge in [-0.05, 0) is 45.1 Å². The summed E-state index contributed by atoms with van der Waals surface area (Å²) < 4.78 is 11.8. The molecule has 2 fully saturated rings. The maximum absolute atomic E-state index is 14.1. The first-order chi connectivity index (χ1) is 21.4. The third-order valence-corrected chi connectivity index (χ3v) is 9.81. The van der Waals surface area contributed by atoms with E-state index in [1.54, 1.807) is 13.8 Å². The molecule has 1 aromatic rings. The molecular formula is C37H60N2O6. The molecule has 1 aliphatic heterocycles. The Kier molecular flexibility index (Phi) is 14.4. The minimum Gasteiger partial charge on any atom is -0.481 e. The summed E-state index contributed by atoms with van der Waals surface area (Å²) in [5.41, 5.74) is -0.387. The van der Waals surface area contributed by atoms with Crippen molar-refractivity contribution in [1.82, 2.24) is 10.6 Å². The highest BCUT2D eigenvalue weighted by molar-refractivity contribution is 5.84. The standard InChI is InChI=1S/C37H60N2O6/c1-6-7-8-9-10-11-12-17-22-29(25-28-20-15-13-16-21-28)32(40)39-37(23-18-14-19-24-37)30(34(42)43)26-38-33(41)31-35(2,3)27-44-36(4,5)45-31/h13,15-16,20-21,29-31H,6-12,14,17-19,22-27H2,1-5H3,(H,38,41)(H,39,40)(H,42,43). The van der Waals surface area contributed by atoms with Crippen molar-refractivity contribution in [3.63, 3.8) is 0 Å². The van der Waals surface area contributed by atoms with Gasteiger partial charge in [0, 0.05) is 17.9 Å². The van der Waals surface area contributed by atoms with Crippen LogP contribution in [-0.4, -0.2) is 53.5 Å². The minimum absolute atomic E-state index is 0.0723. The van der Waals surface area contributed by atoms with Gasteiger partial charge in [-0.2, -0.15) is 0 Å². The maximum Gasteiger partial charge on any atom is 0.310 e.